The normalized spacial score (nSPS) is 12.0. The molecule has 2 amide bonds. The molecule has 4 aromatic rings. The van der Waals surface area contributed by atoms with E-state index in [1.54, 1.807) is 71.3 Å². The number of allylic oxidation sites excluding steroid dienone is 1. The van der Waals surface area contributed by atoms with Crippen LogP contribution >= 0.6 is 0 Å². The Kier molecular flexibility index (Phi) is 11.6. The van der Waals surface area contributed by atoms with Gasteiger partial charge in [-0.2, -0.15) is 4.98 Å². The number of methoxy groups -OCH3 is 1. The summed E-state index contributed by atoms with van der Waals surface area (Å²) < 4.78 is 18.7. The molecule has 0 aliphatic rings. The first-order valence-electron chi connectivity index (χ1n) is 15.4. The Balaban J connectivity index is 1.65. The number of pyridine rings is 1. The summed E-state index contributed by atoms with van der Waals surface area (Å²) in [6.07, 6.45) is 4.30. The van der Waals surface area contributed by atoms with E-state index in [4.69, 9.17) is 9.47 Å². The van der Waals surface area contributed by atoms with Crippen LogP contribution in [0.5, 0.6) is 11.6 Å². The van der Waals surface area contributed by atoms with Crippen molar-refractivity contribution in [3.8, 4) is 11.6 Å². The number of nitrogens with zero attached hydrogens (tertiary/aromatic N) is 6. The van der Waals surface area contributed by atoms with Gasteiger partial charge in [0.05, 0.1) is 19.7 Å². The van der Waals surface area contributed by atoms with Crippen molar-refractivity contribution in [3.05, 3.63) is 88.9 Å². The number of nitrogens with one attached hydrogen (secondary N) is 1. The van der Waals surface area contributed by atoms with Crippen LogP contribution in [0.2, 0.25) is 0 Å². The smallest absolute Gasteiger partial charge is 0.421 e. The van der Waals surface area contributed by atoms with Crippen LogP contribution in [0.25, 0.3) is 11.2 Å². The highest BCUT2D eigenvalue weighted by molar-refractivity contribution is 5.89. The number of para-hydroxylation sites is 1. The average molecular weight is 674 g/mol. The van der Waals surface area contributed by atoms with Crippen LogP contribution in [0.3, 0.4) is 0 Å². The Morgan fingerprint density at radius 3 is 2.45 bits per heavy atom. The highest BCUT2D eigenvalue weighted by atomic mass is 16.6. The summed E-state index contributed by atoms with van der Waals surface area (Å²) in [5.74, 6) is 0.0314. The van der Waals surface area contributed by atoms with E-state index in [9.17, 15) is 24.0 Å². The number of Topliss-reactive ketones (excluding diaryl/α,β-unsaturated/α-hetero) is 1. The molecular weight excluding hydrogens is 634 g/mol. The first-order chi connectivity index (χ1) is 23.3. The summed E-state index contributed by atoms with van der Waals surface area (Å²) in [5.41, 5.74) is -0.938. The predicted molar refractivity (Wildman–Crippen MR) is 178 cm³/mol. The average Bonchev–Trinajstić information content (AvgIpc) is 3.42. The monoisotopic (exact) mass is 673 g/mol. The number of amides is 2. The number of likely N-dealkylation sites (N-methyl/N-ethyl adjacent to an activating group) is 1. The highest BCUT2D eigenvalue weighted by Crippen LogP contribution is 2.27. The number of aromatic nitrogens is 5. The molecule has 15 nitrogen and oxygen atoms in total. The van der Waals surface area contributed by atoms with E-state index in [2.05, 4.69) is 25.0 Å². The number of carbonyl (C=O) groups is 4. The molecule has 15 heteroatoms. The van der Waals surface area contributed by atoms with Gasteiger partial charge in [0.1, 0.15) is 23.5 Å². The molecule has 0 radical (unpaired) electrons. The van der Waals surface area contributed by atoms with Gasteiger partial charge in [-0.25, -0.2) is 24.1 Å². The maximum atomic E-state index is 13.7. The van der Waals surface area contributed by atoms with Gasteiger partial charge in [0.25, 0.3) is 11.4 Å². The lowest BCUT2D eigenvalue weighted by molar-refractivity contribution is -0.123. The molecule has 0 aliphatic carbocycles. The second-order valence-corrected chi connectivity index (χ2v) is 12.1. The van der Waals surface area contributed by atoms with Crippen LogP contribution in [0.15, 0.2) is 71.9 Å². The van der Waals surface area contributed by atoms with Gasteiger partial charge in [-0.3, -0.25) is 14.4 Å². The molecule has 0 fully saturated rings. The summed E-state index contributed by atoms with van der Waals surface area (Å²) >= 11 is 0. The van der Waals surface area contributed by atoms with Crippen LogP contribution in [0, 0.1) is 0 Å². The minimum absolute atomic E-state index is 0.0940. The maximum Gasteiger partial charge on any atom is 0.421 e. The van der Waals surface area contributed by atoms with Crippen molar-refractivity contribution in [2.75, 3.05) is 21.2 Å². The third-order valence-corrected chi connectivity index (χ3v) is 6.98. The number of alkyl carbamates (subject to hydrolysis) is 1. The Morgan fingerprint density at radius 1 is 1.04 bits per heavy atom. The minimum atomic E-state index is -0.988. The number of benzene rings is 1. The van der Waals surface area contributed by atoms with E-state index in [1.165, 1.54) is 41.2 Å². The lowest BCUT2D eigenvalue weighted by atomic mass is 10.0. The Hall–Kier alpha value is -5.86. The molecule has 0 spiro atoms. The molecule has 49 heavy (non-hydrogen) atoms. The standard InChI is InChI=1S/C34H39N7O8/c1-34(2,3)49-33(46)41-26(38-28-29(41)35-21-36-30(28)48-23-14-8-7-9-15-23)20-40-18-12-13-22(31(40)44)19-25(42)24(37-32(45)47-6)16-10-11-17-27(43)39(4)5/h7-9,11-15,17-18,21,24H,10,16,19-20H2,1-6H3,(H,37,45)/b17-11+/t24-/m0/s1. The quantitative estimate of drug-likeness (QED) is 0.216. The molecular formula is C34H39N7O8. The van der Waals surface area contributed by atoms with E-state index in [0.717, 1.165) is 4.57 Å². The zero-order chi connectivity index (χ0) is 35.7. The largest absolute Gasteiger partial charge is 0.453 e. The second kappa shape index (κ2) is 15.8. The third-order valence-electron chi connectivity index (χ3n) is 6.98. The number of ether oxygens (including phenoxy) is 3. The van der Waals surface area contributed by atoms with Crippen molar-refractivity contribution in [1.29, 1.82) is 0 Å². The maximum absolute atomic E-state index is 13.7. The van der Waals surface area contributed by atoms with Crippen LogP contribution in [-0.2, 0) is 32.0 Å². The van der Waals surface area contributed by atoms with Crippen molar-refractivity contribution >= 4 is 35.0 Å². The van der Waals surface area contributed by atoms with Crippen molar-refractivity contribution < 1.29 is 33.4 Å². The molecule has 0 unspecified atom stereocenters. The van der Waals surface area contributed by atoms with Gasteiger partial charge in [-0.1, -0.05) is 30.3 Å². The SMILES string of the molecule is COC(=O)N[C@@H](CC/C=C/C(=O)N(C)C)C(=O)Cc1cccn(Cc2nc3c(Oc4ccccc4)ncnc3n2C(=O)OC(C)(C)C)c1=O. The van der Waals surface area contributed by atoms with Gasteiger partial charge >= 0.3 is 12.2 Å². The molecule has 0 aliphatic heterocycles. The molecule has 0 bridgehead atoms. The number of ketones is 1. The molecule has 0 saturated heterocycles. The fraction of sp³-hybridized carbons (Fsp3) is 0.353. The van der Waals surface area contributed by atoms with Gasteiger partial charge in [-0.15, -0.1) is 0 Å². The van der Waals surface area contributed by atoms with Crippen molar-refractivity contribution in [2.45, 2.75) is 58.2 Å². The van der Waals surface area contributed by atoms with E-state index < -0.39 is 35.2 Å². The van der Waals surface area contributed by atoms with Crippen LogP contribution < -0.4 is 15.6 Å². The fourth-order valence-electron chi connectivity index (χ4n) is 4.62. The molecule has 3 aromatic heterocycles. The molecule has 4 rings (SSSR count). The lowest BCUT2D eigenvalue weighted by Gasteiger charge is -2.20. The van der Waals surface area contributed by atoms with Gasteiger partial charge in [-0.05, 0) is 57.9 Å². The molecule has 0 saturated carbocycles. The number of imidazole rings is 1. The highest BCUT2D eigenvalue weighted by Gasteiger charge is 2.27. The summed E-state index contributed by atoms with van der Waals surface area (Å²) in [5, 5.41) is 2.51. The molecule has 1 aromatic carbocycles. The van der Waals surface area contributed by atoms with Crippen molar-refractivity contribution in [2.24, 2.45) is 0 Å². The zero-order valence-corrected chi connectivity index (χ0v) is 28.2. The Morgan fingerprint density at radius 2 is 1.78 bits per heavy atom. The van der Waals surface area contributed by atoms with E-state index >= 15 is 0 Å². The van der Waals surface area contributed by atoms with Gasteiger partial charge in [0, 0.05) is 32.3 Å². The first-order valence-corrected chi connectivity index (χ1v) is 15.4. The van der Waals surface area contributed by atoms with E-state index in [1.807, 2.05) is 6.07 Å². The summed E-state index contributed by atoms with van der Waals surface area (Å²) in [7, 11) is 4.40. The van der Waals surface area contributed by atoms with E-state index in [-0.39, 0.29) is 53.7 Å². The molecule has 3 heterocycles. The third kappa shape index (κ3) is 9.59. The number of hydrogen-bond acceptors (Lipinski definition) is 11. The van der Waals surface area contributed by atoms with E-state index in [0.29, 0.717) is 12.2 Å². The number of hydrogen-bond donors (Lipinski definition) is 1. The number of rotatable bonds is 12. The zero-order valence-electron chi connectivity index (χ0n) is 28.2. The summed E-state index contributed by atoms with van der Waals surface area (Å²) in [4.78, 5) is 78.9. The lowest BCUT2D eigenvalue weighted by Crippen LogP contribution is -2.42. The second-order valence-electron chi connectivity index (χ2n) is 12.1. The fourth-order valence-corrected chi connectivity index (χ4v) is 4.62. The Labute approximate surface area is 282 Å². The van der Waals surface area contributed by atoms with Gasteiger partial charge in [0.2, 0.25) is 5.91 Å². The molecule has 1 atom stereocenters. The van der Waals surface area contributed by atoms with Gasteiger partial charge < -0.3 is 29.0 Å². The van der Waals surface area contributed by atoms with Crippen LogP contribution in [0.1, 0.15) is 45.0 Å². The topological polar surface area (TPSA) is 177 Å². The Bertz CT molecular complexity index is 1910. The molecule has 1 N–H and O–H groups in total. The number of carbonyl (C=O) groups excluding carboxylic acids is 4. The summed E-state index contributed by atoms with van der Waals surface area (Å²) in [6, 6.07) is 11.0. The van der Waals surface area contributed by atoms with Crippen molar-refractivity contribution in [3.63, 3.8) is 0 Å². The first kappa shape index (κ1) is 36.0. The van der Waals surface area contributed by atoms with Crippen molar-refractivity contribution in [1.82, 2.24) is 34.3 Å². The van der Waals surface area contributed by atoms with Crippen LogP contribution in [0.4, 0.5) is 9.59 Å². The van der Waals surface area contributed by atoms with Crippen LogP contribution in [-0.4, -0.2) is 85.7 Å². The summed E-state index contributed by atoms with van der Waals surface area (Å²) in [6.45, 7) is 4.95. The number of fused-ring (bicyclic) bond motifs is 1. The molecule has 258 valence electrons. The minimum Gasteiger partial charge on any atom is -0.453 e. The predicted octanol–water partition coefficient (Wildman–Crippen LogP) is 3.87. The van der Waals surface area contributed by atoms with Gasteiger partial charge in [0.15, 0.2) is 16.9 Å².